The zero-order valence-electron chi connectivity index (χ0n) is 11.4. The van der Waals surface area contributed by atoms with Gasteiger partial charge in [-0.1, -0.05) is 0 Å². The summed E-state index contributed by atoms with van der Waals surface area (Å²) in [5.41, 5.74) is 1.24. The van der Waals surface area contributed by atoms with Crippen LogP contribution in [0.3, 0.4) is 0 Å². The summed E-state index contributed by atoms with van der Waals surface area (Å²) in [5.74, 6) is -0.307. The number of hydrogen-bond acceptors (Lipinski definition) is 4. The molecule has 1 aromatic rings. The lowest BCUT2D eigenvalue weighted by Crippen LogP contribution is -2.25. The highest BCUT2D eigenvalue weighted by Crippen LogP contribution is 2.20. The van der Waals surface area contributed by atoms with Crippen molar-refractivity contribution >= 4 is 5.97 Å². The zero-order chi connectivity index (χ0) is 13.3. The van der Waals surface area contributed by atoms with Crippen molar-refractivity contribution in [2.45, 2.75) is 45.8 Å². The van der Waals surface area contributed by atoms with E-state index in [4.69, 9.17) is 9.47 Å². The molecule has 1 aliphatic heterocycles. The molecule has 0 N–H and O–H groups in total. The molecule has 100 valence electrons. The van der Waals surface area contributed by atoms with E-state index in [0.717, 1.165) is 12.1 Å². The SMILES string of the molecule is Cc1c(C(=O)O[C@H]2CCOC2)cnn1C(C)(C)C. The van der Waals surface area contributed by atoms with Gasteiger partial charge in [0.05, 0.1) is 30.6 Å². The largest absolute Gasteiger partial charge is 0.456 e. The van der Waals surface area contributed by atoms with Gasteiger partial charge in [0.25, 0.3) is 0 Å². The third-order valence-electron chi connectivity index (χ3n) is 3.03. The average Bonchev–Trinajstić information content (AvgIpc) is 2.85. The van der Waals surface area contributed by atoms with E-state index in [-0.39, 0.29) is 17.6 Å². The lowest BCUT2D eigenvalue weighted by molar-refractivity contribution is 0.0269. The van der Waals surface area contributed by atoms with Crippen molar-refractivity contribution in [3.8, 4) is 0 Å². The molecule has 0 spiro atoms. The van der Waals surface area contributed by atoms with Crippen LogP contribution in [0, 0.1) is 6.92 Å². The first-order chi connectivity index (χ1) is 8.39. The summed E-state index contributed by atoms with van der Waals surface area (Å²) in [5, 5.41) is 4.27. The van der Waals surface area contributed by atoms with Gasteiger partial charge in [0.15, 0.2) is 0 Å². The highest BCUT2D eigenvalue weighted by Gasteiger charge is 2.25. The van der Waals surface area contributed by atoms with Gasteiger partial charge in [-0.05, 0) is 27.7 Å². The van der Waals surface area contributed by atoms with E-state index in [0.29, 0.717) is 18.8 Å². The van der Waals surface area contributed by atoms with E-state index in [1.807, 2.05) is 32.4 Å². The van der Waals surface area contributed by atoms with Crippen molar-refractivity contribution < 1.29 is 14.3 Å². The lowest BCUT2D eigenvalue weighted by atomic mass is 10.1. The number of aromatic nitrogens is 2. The number of nitrogens with zero attached hydrogens (tertiary/aromatic N) is 2. The Labute approximate surface area is 107 Å². The molecule has 0 aromatic carbocycles. The second-order valence-corrected chi connectivity index (χ2v) is 5.62. The molecule has 1 atom stereocenters. The van der Waals surface area contributed by atoms with Crippen LogP contribution in [-0.2, 0) is 15.0 Å². The fraction of sp³-hybridized carbons (Fsp3) is 0.692. The van der Waals surface area contributed by atoms with Gasteiger partial charge >= 0.3 is 5.97 Å². The van der Waals surface area contributed by atoms with Crippen LogP contribution in [0.4, 0.5) is 0 Å². The molecular formula is C13H20N2O3. The van der Waals surface area contributed by atoms with Crippen LogP contribution in [0.5, 0.6) is 0 Å². The predicted molar refractivity (Wildman–Crippen MR) is 66.6 cm³/mol. The van der Waals surface area contributed by atoms with E-state index in [1.54, 1.807) is 6.20 Å². The van der Waals surface area contributed by atoms with Gasteiger partial charge in [0, 0.05) is 6.42 Å². The Morgan fingerprint density at radius 2 is 2.28 bits per heavy atom. The molecule has 18 heavy (non-hydrogen) atoms. The Morgan fingerprint density at radius 1 is 1.56 bits per heavy atom. The molecule has 0 bridgehead atoms. The van der Waals surface area contributed by atoms with Crippen LogP contribution < -0.4 is 0 Å². The molecule has 0 amide bonds. The third kappa shape index (κ3) is 2.56. The Hall–Kier alpha value is -1.36. The topological polar surface area (TPSA) is 53.4 Å². The van der Waals surface area contributed by atoms with Crippen LogP contribution in [0.25, 0.3) is 0 Å². The Kier molecular flexibility index (Phi) is 3.43. The summed E-state index contributed by atoms with van der Waals surface area (Å²) < 4.78 is 12.4. The summed E-state index contributed by atoms with van der Waals surface area (Å²) in [4.78, 5) is 12.0. The van der Waals surface area contributed by atoms with Crippen LogP contribution in [0.1, 0.15) is 43.2 Å². The fourth-order valence-electron chi connectivity index (χ4n) is 2.11. The summed E-state index contributed by atoms with van der Waals surface area (Å²) >= 11 is 0. The second kappa shape index (κ2) is 4.72. The van der Waals surface area contributed by atoms with Crippen LogP contribution in [-0.4, -0.2) is 35.1 Å². The minimum atomic E-state index is -0.307. The second-order valence-electron chi connectivity index (χ2n) is 5.62. The Morgan fingerprint density at radius 3 is 2.78 bits per heavy atom. The van der Waals surface area contributed by atoms with E-state index in [9.17, 15) is 4.79 Å². The lowest BCUT2D eigenvalue weighted by Gasteiger charge is -2.21. The van der Waals surface area contributed by atoms with Gasteiger partial charge in [-0.2, -0.15) is 5.10 Å². The first-order valence-corrected chi connectivity index (χ1v) is 6.23. The maximum absolute atomic E-state index is 12.0. The van der Waals surface area contributed by atoms with Gasteiger partial charge < -0.3 is 9.47 Å². The van der Waals surface area contributed by atoms with Crippen LogP contribution in [0.2, 0.25) is 0 Å². The molecule has 0 saturated carbocycles. The zero-order valence-corrected chi connectivity index (χ0v) is 11.4. The summed E-state index contributed by atoms with van der Waals surface area (Å²) in [6, 6.07) is 0. The number of rotatable bonds is 2. The fourth-order valence-corrected chi connectivity index (χ4v) is 2.11. The summed E-state index contributed by atoms with van der Waals surface area (Å²) in [7, 11) is 0. The highest BCUT2D eigenvalue weighted by molar-refractivity contribution is 5.90. The number of ether oxygens (including phenoxy) is 2. The number of hydrogen-bond donors (Lipinski definition) is 0. The molecule has 1 saturated heterocycles. The molecule has 1 fully saturated rings. The van der Waals surface area contributed by atoms with Crippen molar-refractivity contribution in [3.63, 3.8) is 0 Å². The molecule has 1 aliphatic rings. The maximum atomic E-state index is 12.0. The van der Waals surface area contributed by atoms with Crippen molar-refractivity contribution in [2.75, 3.05) is 13.2 Å². The molecule has 1 aromatic heterocycles. The number of esters is 1. The molecule has 2 heterocycles. The number of carbonyl (C=O) groups is 1. The number of carbonyl (C=O) groups excluding carboxylic acids is 1. The van der Waals surface area contributed by atoms with E-state index < -0.39 is 0 Å². The highest BCUT2D eigenvalue weighted by atomic mass is 16.6. The molecule has 0 aliphatic carbocycles. The van der Waals surface area contributed by atoms with Crippen molar-refractivity contribution in [1.82, 2.24) is 9.78 Å². The molecule has 5 nitrogen and oxygen atoms in total. The van der Waals surface area contributed by atoms with Crippen LogP contribution >= 0.6 is 0 Å². The molecule has 2 rings (SSSR count). The normalized spacial score (nSPS) is 20.1. The van der Waals surface area contributed by atoms with Gasteiger partial charge in [-0.25, -0.2) is 4.79 Å². The third-order valence-corrected chi connectivity index (χ3v) is 3.03. The van der Waals surface area contributed by atoms with Crippen molar-refractivity contribution in [2.24, 2.45) is 0 Å². The first kappa shape index (κ1) is 13.1. The predicted octanol–water partition coefficient (Wildman–Crippen LogP) is 1.89. The van der Waals surface area contributed by atoms with Crippen molar-refractivity contribution in [3.05, 3.63) is 17.5 Å². The van der Waals surface area contributed by atoms with E-state index in [2.05, 4.69) is 5.10 Å². The van der Waals surface area contributed by atoms with E-state index >= 15 is 0 Å². The van der Waals surface area contributed by atoms with Crippen molar-refractivity contribution in [1.29, 1.82) is 0 Å². The van der Waals surface area contributed by atoms with Gasteiger partial charge in [0.1, 0.15) is 11.7 Å². The Balaban J connectivity index is 2.13. The smallest absolute Gasteiger partial charge is 0.341 e. The minimum Gasteiger partial charge on any atom is -0.456 e. The summed E-state index contributed by atoms with van der Waals surface area (Å²) in [6.45, 7) is 9.20. The average molecular weight is 252 g/mol. The molecule has 5 heteroatoms. The van der Waals surface area contributed by atoms with Gasteiger partial charge in [-0.3, -0.25) is 4.68 Å². The first-order valence-electron chi connectivity index (χ1n) is 6.23. The standard InChI is InChI=1S/C13H20N2O3/c1-9-11(7-14-15(9)13(2,3)4)12(16)18-10-5-6-17-8-10/h7,10H,5-6,8H2,1-4H3/t10-/m0/s1. The van der Waals surface area contributed by atoms with E-state index in [1.165, 1.54) is 0 Å². The maximum Gasteiger partial charge on any atom is 0.341 e. The summed E-state index contributed by atoms with van der Waals surface area (Å²) in [6.07, 6.45) is 2.24. The quantitative estimate of drug-likeness (QED) is 0.754. The molecule has 0 radical (unpaired) electrons. The molecule has 0 unspecified atom stereocenters. The molecular weight excluding hydrogens is 232 g/mol. The minimum absolute atomic E-state index is 0.116. The Bertz CT molecular complexity index is 440. The van der Waals surface area contributed by atoms with Gasteiger partial charge in [0.2, 0.25) is 0 Å². The van der Waals surface area contributed by atoms with Crippen LogP contribution in [0.15, 0.2) is 6.20 Å². The van der Waals surface area contributed by atoms with Gasteiger partial charge in [-0.15, -0.1) is 0 Å². The monoisotopic (exact) mass is 252 g/mol.